The lowest BCUT2D eigenvalue weighted by molar-refractivity contribution is -0.131. The lowest BCUT2D eigenvalue weighted by Crippen LogP contribution is -2.35. The molecule has 1 N–H and O–H groups in total. The lowest BCUT2D eigenvalue weighted by atomic mass is 10.1. The predicted octanol–water partition coefficient (Wildman–Crippen LogP) is 4.32. The fraction of sp³-hybridized carbons (Fsp3) is 0.600. The van der Waals surface area contributed by atoms with Gasteiger partial charge in [-0.2, -0.15) is 0 Å². The van der Waals surface area contributed by atoms with Gasteiger partial charge in [-0.15, -0.1) is 0 Å². The Morgan fingerprint density at radius 3 is 2.96 bits per heavy atom. The van der Waals surface area contributed by atoms with Crippen LogP contribution in [0.3, 0.4) is 0 Å². The number of fused-ring (bicyclic) bond motifs is 1. The van der Waals surface area contributed by atoms with E-state index in [9.17, 15) is 4.79 Å². The van der Waals surface area contributed by atoms with Crippen molar-refractivity contribution in [1.82, 2.24) is 14.9 Å². The van der Waals surface area contributed by atoms with Crippen molar-refractivity contribution in [3.8, 4) is 0 Å². The van der Waals surface area contributed by atoms with Crippen LogP contribution in [0.1, 0.15) is 38.5 Å². The van der Waals surface area contributed by atoms with Crippen LogP contribution in [0.25, 0.3) is 11.0 Å². The molecule has 0 aliphatic carbocycles. The number of amides is 1. The van der Waals surface area contributed by atoms with Gasteiger partial charge in [0.2, 0.25) is 11.9 Å². The molecule has 1 aromatic heterocycles. The van der Waals surface area contributed by atoms with E-state index in [2.05, 4.69) is 20.9 Å². The number of hydrogen-bond donors (Lipinski definition) is 1. The van der Waals surface area contributed by atoms with Gasteiger partial charge in [0, 0.05) is 43.6 Å². The molecule has 2 saturated heterocycles. The summed E-state index contributed by atoms with van der Waals surface area (Å²) >= 11 is 0. The molecule has 2 aromatic rings. The second-order valence-corrected chi connectivity index (χ2v) is 10.2. The van der Waals surface area contributed by atoms with Gasteiger partial charge in [-0.1, -0.05) is 40.1 Å². The SMILES string of the molecule is O=C(CCCCC1CCSS1)N1CCCN(c2nc3ccccc3[nH]2)CC1. The van der Waals surface area contributed by atoms with Crippen LogP contribution in [0, 0.1) is 0 Å². The molecule has 7 heteroatoms. The van der Waals surface area contributed by atoms with Gasteiger partial charge < -0.3 is 14.8 Å². The van der Waals surface area contributed by atoms with Crippen molar-refractivity contribution in [3.63, 3.8) is 0 Å². The van der Waals surface area contributed by atoms with E-state index < -0.39 is 0 Å². The highest BCUT2D eigenvalue weighted by Gasteiger charge is 2.21. The molecule has 1 amide bonds. The second kappa shape index (κ2) is 9.24. The Morgan fingerprint density at radius 2 is 2.11 bits per heavy atom. The van der Waals surface area contributed by atoms with E-state index in [1.165, 1.54) is 25.0 Å². The first-order valence-electron chi connectivity index (χ1n) is 10.1. The number of rotatable bonds is 6. The smallest absolute Gasteiger partial charge is 0.222 e. The Balaban J connectivity index is 1.24. The molecule has 2 aliphatic heterocycles. The Hall–Kier alpha value is -1.34. The van der Waals surface area contributed by atoms with Gasteiger partial charge in [-0.05, 0) is 37.8 Å². The van der Waals surface area contributed by atoms with Gasteiger partial charge in [0.1, 0.15) is 0 Å². The molecule has 1 aromatic carbocycles. The van der Waals surface area contributed by atoms with Crippen LogP contribution in [0.2, 0.25) is 0 Å². The fourth-order valence-corrected chi connectivity index (χ4v) is 6.87. The molecule has 5 nitrogen and oxygen atoms in total. The summed E-state index contributed by atoms with van der Waals surface area (Å²) in [5, 5.41) is 0.820. The molecule has 0 spiro atoms. The number of aromatic nitrogens is 2. The van der Waals surface area contributed by atoms with Crippen LogP contribution in [0.4, 0.5) is 5.95 Å². The van der Waals surface area contributed by atoms with Gasteiger partial charge in [-0.3, -0.25) is 4.79 Å². The number of anilines is 1. The van der Waals surface area contributed by atoms with Crippen molar-refractivity contribution >= 4 is 44.5 Å². The molecular weight excluding hydrogens is 376 g/mol. The largest absolute Gasteiger partial charge is 0.341 e. The van der Waals surface area contributed by atoms with Gasteiger partial charge in [0.15, 0.2) is 0 Å². The van der Waals surface area contributed by atoms with Crippen molar-refractivity contribution in [2.75, 3.05) is 36.8 Å². The number of nitrogens with zero attached hydrogens (tertiary/aromatic N) is 3. The van der Waals surface area contributed by atoms with Gasteiger partial charge in [0.25, 0.3) is 0 Å². The Kier molecular flexibility index (Phi) is 6.50. The first-order valence-corrected chi connectivity index (χ1v) is 12.4. The number of benzene rings is 1. The van der Waals surface area contributed by atoms with Gasteiger partial charge in [0.05, 0.1) is 11.0 Å². The summed E-state index contributed by atoms with van der Waals surface area (Å²) in [6.07, 6.45) is 6.53. The Morgan fingerprint density at radius 1 is 1.19 bits per heavy atom. The van der Waals surface area contributed by atoms with Crippen LogP contribution >= 0.6 is 21.6 Å². The average Bonchev–Trinajstić information content (AvgIpc) is 3.29. The van der Waals surface area contributed by atoms with Crippen LogP contribution in [-0.4, -0.2) is 58.0 Å². The maximum Gasteiger partial charge on any atom is 0.222 e. The number of para-hydroxylation sites is 2. The summed E-state index contributed by atoms with van der Waals surface area (Å²) in [4.78, 5) is 25.1. The van der Waals surface area contributed by atoms with E-state index in [1.807, 2.05) is 39.8 Å². The lowest BCUT2D eigenvalue weighted by Gasteiger charge is -2.22. The topological polar surface area (TPSA) is 52.2 Å². The van der Waals surface area contributed by atoms with Crippen molar-refractivity contribution in [3.05, 3.63) is 24.3 Å². The molecule has 0 radical (unpaired) electrons. The molecule has 0 saturated carbocycles. The average molecular weight is 405 g/mol. The highest BCUT2D eigenvalue weighted by atomic mass is 33.1. The number of nitrogens with one attached hydrogen (secondary N) is 1. The number of H-pyrrole nitrogens is 1. The Labute approximate surface area is 169 Å². The maximum atomic E-state index is 12.6. The van der Waals surface area contributed by atoms with E-state index >= 15 is 0 Å². The van der Waals surface area contributed by atoms with Crippen molar-refractivity contribution < 1.29 is 4.79 Å². The predicted molar refractivity (Wildman–Crippen MR) is 116 cm³/mol. The van der Waals surface area contributed by atoms with Crippen LogP contribution < -0.4 is 4.90 Å². The van der Waals surface area contributed by atoms with E-state index in [4.69, 9.17) is 4.98 Å². The molecule has 1 atom stereocenters. The molecule has 2 aliphatic rings. The molecule has 1 unspecified atom stereocenters. The monoisotopic (exact) mass is 404 g/mol. The number of unbranched alkanes of at least 4 members (excludes halogenated alkanes) is 1. The van der Waals surface area contributed by atoms with Crippen LogP contribution in [0.15, 0.2) is 24.3 Å². The highest BCUT2D eigenvalue weighted by Crippen LogP contribution is 2.39. The minimum Gasteiger partial charge on any atom is -0.341 e. The molecule has 27 heavy (non-hydrogen) atoms. The summed E-state index contributed by atoms with van der Waals surface area (Å²) in [6.45, 7) is 3.46. The van der Waals surface area contributed by atoms with E-state index in [1.54, 1.807) is 0 Å². The van der Waals surface area contributed by atoms with E-state index in [0.29, 0.717) is 12.3 Å². The zero-order valence-electron chi connectivity index (χ0n) is 15.7. The third kappa shape index (κ3) is 4.93. The highest BCUT2D eigenvalue weighted by molar-refractivity contribution is 8.77. The molecule has 146 valence electrons. The summed E-state index contributed by atoms with van der Waals surface area (Å²) in [6, 6.07) is 8.13. The number of aromatic amines is 1. The van der Waals surface area contributed by atoms with Crippen LogP contribution in [-0.2, 0) is 4.79 Å². The second-order valence-electron chi connectivity index (χ2n) is 7.37. The fourth-order valence-electron chi connectivity index (χ4n) is 3.84. The standard InChI is InChI=1S/C20H28N4OS2/c25-19(9-4-1-6-16-10-15-26-27-16)23-11-5-12-24(14-13-23)20-21-17-7-2-3-8-18(17)22-20/h2-3,7-8,16H,1,4-6,9-15H2,(H,21,22). The molecule has 2 fully saturated rings. The number of hydrogen-bond acceptors (Lipinski definition) is 5. The number of carbonyl (C=O) groups is 1. The van der Waals surface area contributed by atoms with E-state index in [0.717, 1.165) is 61.3 Å². The molecule has 0 bridgehead atoms. The minimum atomic E-state index is 0.329. The number of carbonyl (C=O) groups excluding carboxylic acids is 1. The first kappa shape index (κ1) is 19.0. The van der Waals surface area contributed by atoms with Gasteiger partial charge >= 0.3 is 0 Å². The third-order valence-electron chi connectivity index (χ3n) is 5.42. The summed E-state index contributed by atoms with van der Waals surface area (Å²) in [5.74, 6) is 2.55. The van der Waals surface area contributed by atoms with Gasteiger partial charge in [-0.25, -0.2) is 4.98 Å². The van der Waals surface area contributed by atoms with Crippen molar-refractivity contribution in [2.45, 2.75) is 43.8 Å². The minimum absolute atomic E-state index is 0.329. The van der Waals surface area contributed by atoms with Crippen LogP contribution in [0.5, 0.6) is 0 Å². The summed E-state index contributed by atoms with van der Waals surface area (Å²) in [5.41, 5.74) is 2.08. The zero-order chi connectivity index (χ0) is 18.5. The quantitative estimate of drug-likeness (QED) is 0.574. The first-order chi connectivity index (χ1) is 13.3. The molecular formula is C20H28N4OS2. The van der Waals surface area contributed by atoms with E-state index in [-0.39, 0.29) is 0 Å². The van der Waals surface area contributed by atoms with Crippen molar-refractivity contribution in [2.24, 2.45) is 0 Å². The summed E-state index contributed by atoms with van der Waals surface area (Å²) < 4.78 is 0. The molecule has 4 rings (SSSR count). The normalized spacial score (nSPS) is 21.0. The van der Waals surface area contributed by atoms with Crippen molar-refractivity contribution in [1.29, 1.82) is 0 Å². The zero-order valence-corrected chi connectivity index (χ0v) is 17.4. The third-order valence-corrected chi connectivity index (χ3v) is 8.43. The number of imidazole rings is 1. The Bertz CT molecular complexity index is 726. The summed E-state index contributed by atoms with van der Waals surface area (Å²) in [7, 11) is 4.04. The maximum absolute atomic E-state index is 12.6. The molecule has 3 heterocycles.